The summed E-state index contributed by atoms with van der Waals surface area (Å²) in [6, 6.07) is 21.6. The number of hydrogen-bond acceptors (Lipinski definition) is 2. The third-order valence-corrected chi connectivity index (χ3v) is 6.37. The summed E-state index contributed by atoms with van der Waals surface area (Å²) in [4.78, 5) is 24.7. The Bertz CT molecular complexity index is 1470. The number of carbonyl (C=O) groups is 2. The van der Waals surface area contributed by atoms with Crippen molar-refractivity contribution in [2.75, 3.05) is 0 Å². The maximum atomic E-state index is 12.6. The van der Waals surface area contributed by atoms with Crippen molar-refractivity contribution < 1.29 is 9.59 Å². The monoisotopic (exact) mass is 362 g/mol. The largest absolute Gasteiger partial charge is 0.290 e. The zero-order chi connectivity index (χ0) is 18.8. The van der Waals surface area contributed by atoms with Crippen LogP contribution in [0.25, 0.3) is 44.0 Å². The van der Waals surface area contributed by atoms with E-state index in [2.05, 4.69) is 66.7 Å². The molecule has 0 aromatic heterocycles. The van der Waals surface area contributed by atoms with Crippen LogP contribution in [0.3, 0.4) is 0 Å². The summed E-state index contributed by atoms with van der Waals surface area (Å²) in [5.41, 5.74) is 0.745. The van der Waals surface area contributed by atoms with E-state index >= 15 is 0 Å². The molecule has 2 aliphatic carbocycles. The Balaban J connectivity index is 1.70. The average Bonchev–Trinajstić information content (AvgIpc) is 2.71. The van der Waals surface area contributed by atoms with E-state index in [1.54, 1.807) is 0 Å². The highest BCUT2D eigenvalue weighted by Gasteiger charge is 2.33. The van der Waals surface area contributed by atoms with Crippen LogP contribution in [0.1, 0.15) is 19.3 Å². The molecule has 0 saturated heterocycles. The molecule has 1 unspecified atom stereocenters. The van der Waals surface area contributed by atoms with E-state index in [4.69, 9.17) is 0 Å². The zero-order valence-electron chi connectivity index (χ0n) is 15.4. The SMILES string of the molecule is O=C1CCC2CC=c3cc4cc5cc6ccccc6cc5cc4cc3=C2C1=O. The van der Waals surface area contributed by atoms with Gasteiger partial charge in [-0.3, -0.25) is 9.59 Å². The van der Waals surface area contributed by atoms with Crippen LogP contribution in [-0.4, -0.2) is 11.6 Å². The quantitative estimate of drug-likeness (QED) is 0.350. The Hall–Kier alpha value is -3.26. The zero-order valence-corrected chi connectivity index (χ0v) is 15.4. The van der Waals surface area contributed by atoms with E-state index in [9.17, 15) is 9.59 Å². The first-order valence-electron chi connectivity index (χ1n) is 9.86. The third kappa shape index (κ3) is 2.21. The third-order valence-electron chi connectivity index (χ3n) is 6.37. The maximum absolute atomic E-state index is 12.6. The van der Waals surface area contributed by atoms with Gasteiger partial charge in [-0.1, -0.05) is 30.3 Å². The van der Waals surface area contributed by atoms with Crippen molar-refractivity contribution in [3.8, 4) is 0 Å². The van der Waals surface area contributed by atoms with Crippen molar-refractivity contribution in [1.29, 1.82) is 0 Å². The number of carbonyl (C=O) groups excluding carboxylic acids is 2. The van der Waals surface area contributed by atoms with Crippen LogP contribution in [0.2, 0.25) is 0 Å². The lowest BCUT2D eigenvalue weighted by molar-refractivity contribution is -0.134. The second-order valence-electron chi connectivity index (χ2n) is 8.03. The van der Waals surface area contributed by atoms with Crippen molar-refractivity contribution in [2.24, 2.45) is 5.92 Å². The van der Waals surface area contributed by atoms with Crippen molar-refractivity contribution in [2.45, 2.75) is 19.3 Å². The van der Waals surface area contributed by atoms with Gasteiger partial charge in [0.2, 0.25) is 11.6 Å². The molecule has 0 spiro atoms. The second kappa shape index (κ2) is 5.62. The van der Waals surface area contributed by atoms with Crippen LogP contribution in [0.15, 0.2) is 60.7 Å². The Morgan fingerprint density at radius 2 is 1.32 bits per heavy atom. The molecule has 134 valence electrons. The standard InChI is InChI=1S/C26H18O2/c27-24-8-7-15-5-6-18-11-21-12-19-9-16-3-1-2-4-17(16)10-20(19)13-22(21)14-23(18)25(15)26(24)28/h1-4,6,9-15H,5,7-8H2. The fraction of sp³-hybridized carbons (Fsp3) is 0.154. The number of benzene rings is 4. The lowest BCUT2D eigenvalue weighted by Crippen LogP contribution is -2.40. The summed E-state index contributed by atoms with van der Waals surface area (Å²) in [6.45, 7) is 0. The van der Waals surface area contributed by atoms with Crippen LogP contribution in [-0.2, 0) is 9.59 Å². The second-order valence-corrected chi connectivity index (χ2v) is 8.03. The molecule has 1 fully saturated rings. The summed E-state index contributed by atoms with van der Waals surface area (Å²) >= 11 is 0. The molecule has 0 amide bonds. The van der Waals surface area contributed by atoms with Gasteiger partial charge in [-0.2, -0.15) is 0 Å². The molecule has 28 heavy (non-hydrogen) atoms. The number of Topliss-reactive ketones (excluding diaryl/α,β-unsaturated/α-hetero) is 2. The van der Waals surface area contributed by atoms with Gasteiger partial charge >= 0.3 is 0 Å². The van der Waals surface area contributed by atoms with E-state index in [1.807, 2.05) is 0 Å². The molecule has 4 aromatic carbocycles. The molecule has 0 heterocycles. The molecule has 2 aliphatic rings. The minimum Gasteiger partial charge on any atom is -0.290 e. The van der Waals surface area contributed by atoms with Gasteiger partial charge in [0.05, 0.1) is 0 Å². The van der Waals surface area contributed by atoms with E-state index in [1.165, 1.54) is 26.9 Å². The molecule has 0 radical (unpaired) electrons. The van der Waals surface area contributed by atoms with Gasteiger partial charge < -0.3 is 0 Å². The maximum Gasteiger partial charge on any atom is 0.225 e. The van der Waals surface area contributed by atoms with Gasteiger partial charge in [0.15, 0.2) is 0 Å². The van der Waals surface area contributed by atoms with Gasteiger partial charge in [0.1, 0.15) is 0 Å². The number of rotatable bonds is 0. The van der Waals surface area contributed by atoms with Crippen molar-refractivity contribution in [1.82, 2.24) is 0 Å². The Labute approximate surface area is 161 Å². The van der Waals surface area contributed by atoms with E-state index in [0.29, 0.717) is 6.42 Å². The Kier molecular flexibility index (Phi) is 3.16. The minimum atomic E-state index is -0.267. The van der Waals surface area contributed by atoms with Crippen LogP contribution in [0.4, 0.5) is 0 Å². The summed E-state index contributed by atoms with van der Waals surface area (Å²) in [5.74, 6) is -0.305. The molecule has 1 saturated carbocycles. The van der Waals surface area contributed by atoms with Crippen molar-refractivity contribution in [3.63, 3.8) is 0 Å². The van der Waals surface area contributed by atoms with E-state index < -0.39 is 0 Å². The van der Waals surface area contributed by atoms with Crippen molar-refractivity contribution >= 4 is 55.5 Å². The average molecular weight is 362 g/mol. The highest BCUT2D eigenvalue weighted by molar-refractivity contribution is 6.53. The molecule has 0 aliphatic heterocycles. The normalized spacial score (nSPS) is 19.0. The fourth-order valence-electron chi connectivity index (χ4n) is 4.91. The summed E-state index contributed by atoms with van der Waals surface area (Å²) in [5, 5.41) is 9.21. The molecule has 6 rings (SSSR count). The minimum absolute atomic E-state index is 0.194. The van der Waals surface area contributed by atoms with Gasteiger partial charge in [-0.15, -0.1) is 0 Å². The van der Waals surface area contributed by atoms with Crippen molar-refractivity contribution in [3.05, 3.63) is 71.1 Å². The van der Waals surface area contributed by atoms with Crippen LogP contribution in [0.5, 0.6) is 0 Å². The first-order chi connectivity index (χ1) is 13.7. The smallest absolute Gasteiger partial charge is 0.225 e. The lowest BCUT2D eigenvalue weighted by Gasteiger charge is -2.25. The summed E-state index contributed by atoms with van der Waals surface area (Å²) in [7, 11) is 0. The highest BCUT2D eigenvalue weighted by atomic mass is 16.2. The van der Waals surface area contributed by atoms with Gasteiger partial charge in [-0.05, 0) is 97.9 Å². The fourth-order valence-corrected chi connectivity index (χ4v) is 4.91. The molecule has 2 nitrogen and oxygen atoms in total. The molecule has 1 atom stereocenters. The first-order valence-corrected chi connectivity index (χ1v) is 9.86. The summed E-state index contributed by atoms with van der Waals surface area (Å²) in [6.07, 6.45) is 4.26. The molecule has 0 bridgehead atoms. The Morgan fingerprint density at radius 3 is 2.04 bits per heavy atom. The molecule has 4 aromatic rings. The lowest BCUT2D eigenvalue weighted by atomic mass is 9.77. The predicted octanol–water partition coefficient (Wildman–Crippen LogP) is 4.03. The molecular formula is C26H18O2. The van der Waals surface area contributed by atoms with Gasteiger partial charge in [0.25, 0.3) is 0 Å². The first kappa shape index (κ1) is 15.8. The topological polar surface area (TPSA) is 34.1 Å². The summed E-state index contributed by atoms with van der Waals surface area (Å²) < 4.78 is 0. The van der Waals surface area contributed by atoms with Crippen LogP contribution >= 0.6 is 0 Å². The molecular weight excluding hydrogens is 344 g/mol. The van der Waals surface area contributed by atoms with Gasteiger partial charge in [-0.25, -0.2) is 0 Å². The van der Waals surface area contributed by atoms with Crippen LogP contribution in [0, 0.1) is 5.92 Å². The van der Waals surface area contributed by atoms with E-state index in [0.717, 1.165) is 34.2 Å². The van der Waals surface area contributed by atoms with E-state index in [-0.39, 0.29) is 17.5 Å². The van der Waals surface area contributed by atoms with Crippen LogP contribution < -0.4 is 10.4 Å². The highest BCUT2D eigenvalue weighted by Crippen LogP contribution is 2.31. The number of ketones is 2. The number of hydrogen-bond donors (Lipinski definition) is 0. The predicted molar refractivity (Wildman–Crippen MR) is 113 cm³/mol. The Morgan fingerprint density at radius 1 is 0.714 bits per heavy atom. The molecule has 2 heteroatoms. The molecule has 0 N–H and O–H groups in total. The van der Waals surface area contributed by atoms with Gasteiger partial charge in [0, 0.05) is 12.0 Å². The number of fused-ring (bicyclic) bond motifs is 5.